The zero-order chi connectivity index (χ0) is 13.5. The quantitative estimate of drug-likeness (QED) is 0.727. The van der Waals surface area contributed by atoms with Crippen LogP contribution in [0.25, 0.3) is 11.3 Å². The molecule has 0 aliphatic rings. The first kappa shape index (κ1) is 14.4. The molecule has 0 amide bonds. The molecule has 0 bridgehead atoms. The maximum atomic E-state index is 5.84. The first-order valence-corrected chi connectivity index (χ1v) is 7.64. The van der Waals surface area contributed by atoms with Gasteiger partial charge in [-0.3, -0.25) is 0 Å². The van der Waals surface area contributed by atoms with Gasteiger partial charge in [0.05, 0.1) is 6.54 Å². The van der Waals surface area contributed by atoms with Crippen LogP contribution in [0.1, 0.15) is 31.9 Å². The first-order valence-electron chi connectivity index (χ1n) is 6.85. The predicted octanol–water partition coefficient (Wildman–Crippen LogP) is 4.99. The number of unbranched alkanes of at least 4 members (excludes halogenated alkanes) is 2. The minimum absolute atomic E-state index is 0.806. The van der Waals surface area contributed by atoms with E-state index in [1.165, 1.54) is 19.3 Å². The highest BCUT2D eigenvalue weighted by molar-refractivity contribution is 9.10. The summed E-state index contributed by atoms with van der Waals surface area (Å²) >= 11 is 3.44. The van der Waals surface area contributed by atoms with Gasteiger partial charge in [-0.2, -0.15) is 0 Å². The van der Waals surface area contributed by atoms with Crippen molar-refractivity contribution in [3.05, 3.63) is 46.6 Å². The Balaban J connectivity index is 1.86. The zero-order valence-electron chi connectivity index (χ0n) is 11.3. The van der Waals surface area contributed by atoms with Crippen molar-refractivity contribution in [1.29, 1.82) is 0 Å². The summed E-state index contributed by atoms with van der Waals surface area (Å²) in [5.41, 5.74) is 1.11. The molecule has 0 atom stereocenters. The second kappa shape index (κ2) is 7.51. The number of hydrogen-bond acceptors (Lipinski definition) is 2. The molecule has 1 heterocycles. The first-order chi connectivity index (χ1) is 9.29. The molecule has 0 aliphatic carbocycles. The normalized spacial score (nSPS) is 10.8. The Hall–Kier alpha value is -1.06. The molecule has 102 valence electrons. The van der Waals surface area contributed by atoms with Crippen molar-refractivity contribution < 1.29 is 4.42 Å². The number of nitrogens with one attached hydrogen (secondary N) is 1. The average Bonchev–Trinajstić information content (AvgIpc) is 2.88. The monoisotopic (exact) mass is 321 g/mol. The molecule has 2 nitrogen and oxygen atoms in total. The van der Waals surface area contributed by atoms with Gasteiger partial charge in [-0.25, -0.2) is 0 Å². The maximum absolute atomic E-state index is 5.84. The lowest BCUT2D eigenvalue weighted by Crippen LogP contribution is -2.13. The Morgan fingerprint density at radius 1 is 1.05 bits per heavy atom. The van der Waals surface area contributed by atoms with E-state index in [4.69, 9.17) is 4.42 Å². The van der Waals surface area contributed by atoms with Crippen LogP contribution < -0.4 is 5.32 Å². The van der Waals surface area contributed by atoms with E-state index in [0.717, 1.165) is 34.6 Å². The van der Waals surface area contributed by atoms with Crippen molar-refractivity contribution in [1.82, 2.24) is 5.32 Å². The van der Waals surface area contributed by atoms with Crippen molar-refractivity contribution in [3.63, 3.8) is 0 Å². The maximum Gasteiger partial charge on any atom is 0.134 e. The molecule has 3 heteroatoms. The summed E-state index contributed by atoms with van der Waals surface area (Å²) < 4.78 is 6.92. The number of rotatable bonds is 7. The molecule has 1 aromatic heterocycles. The molecule has 19 heavy (non-hydrogen) atoms. The zero-order valence-corrected chi connectivity index (χ0v) is 12.9. The number of furan rings is 1. The molecule has 0 spiro atoms. The highest BCUT2D eigenvalue weighted by atomic mass is 79.9. The molecule has 1 aromatic carbocycles. The lowest BCUT2D eigenvalue weighted by Gasteiger charge is -2.01. The van der Waals surface area contributed by atoms with Gasteiger partial charge >= 0.3 is 0 Å². The van der Waals surface area contributed by atoms with E-state index in [0.29, 0.717) is 0 Å². The summed E-state index contributed by atoms with van der Waals surface area (Å²) in [5, 5.41) is 3.41. The second-order valence-corrected chi connectivity index (χ2v) is 5.57. The van der Waals surface area contributed by atoms with E-state index in [9.17, 15) is 0 Å². The fourth-order valence-corrected chi connectivity index (χ4v) is 2.22. The van der Waals surface area contributed by atoms with E-state index < -0.39 is 0 Å². The Morgan fingerprint density at radius 3 is 2.58 bits per heavy atom. The van der Waals surface area contributed by atoms with Crippen LogP contribution in [0, 0.1) is 0 Å². The van der Waals surface area contributed by atoms with Crippen LogP contribution in [0.15, 0.2) is 45.3 Å². The smallest absolute Gasteiger partial charge is 0.134 e. The van der Waals surface area contributed by atoms with Gasteiger partial charge in [0.1, 0.15) is 11.5 Å². The van der Waals surface area contributed by atoms with Gasteiger partial charge in [0.15, 0.2) is 0 Å². The van der Waals surface area contributed by atoms with Crippen LogP contribution in [0.4, 0.5) is 0 Å². The van der Waals surface area contributed by atoms with Crippen molar-refractivity contribution in [3.8, 4) is 11.3 Å². The van der Waals surface area contributed by atoms with Gasteiger partial charge in [-0.1, -0.05) is 47.8 Å². The van der Waals surface area contributed by atoms with Crippen molar-refractivity contribution in [2.75, 3.05) is 6.54 Å². The lowest BCUT2D eigenvalue weighted by atomic mass is 10.2. The fourth-order valence-electron chi connectivity index (χ4n) is 1.95. The van der Waals surface area contributed by atoms with E-state index in [1.54, 1.807) is 0 Å². The van der Waals surface area contributed by atoms with Crippen molar-refractivity contribution >= 4 is 15.9 Å². The third kappa shape index (κ3) is 4.51. The highest BCUT2D eigenvalue weighted by Crippen LogP contribution is 2.23. The molecule has 2 aromatic rings. The number of hydrogen-bond donors (Lipinski definition) is 1. The summed E-state index contributed by atoms with van der Waals surface area (Å²) in [6.07, 6.45) is 3.78. The Kier molecular flexibility index (Phi) is 5.67. The third-order valence-corrected chi connectivity index (χ3v) is 3.58. The third-order valence-electron chi connectivity index (χ3n) is 3.05. The predicted molar refractivity (Wildman–Crippen MR) is 83.1 cm³/mol. The molecule has 0 radical (unpaired) electrons. The molecule has 0 unspecified atom stereocenters. The van der Waals surface area contributed by atoms with Crippen LogP contribution in [0.5, 0.6) is 0 Å². The molecule has 1 N–H and O–H groups in total. The molecule has 2 rings (SSSR count). The van der Waals surface area contributed by atoms with Crippen molar-refractivity contribution in [2.45, 2.75) is 32.7 Å². The van der Waals surface area contributed by atoms with E-state index in [1.807, 2.05) is 24.3 Å². The van der Waals surface area contributed by atoms with Gasteiger partial charge in [0.25, 0.3) is 0 Å². The van der Waals surface area contributed by atoms with Gasteiger partial charge < -0.3 is 9.73 Å². The molecule has 0 fully saturated rings. The van der Waals surface area contributed by atoms with Gasteiger partial charge in [0.2, 0.25) is 0 Å². The summed E-state index contributed by atoms with van der Waals surface area (Å²) in [5.74, 6) is 1.92. The van der Waals surface area contributed by atoms with Gasteiger partial charge in [-0.05, 0) is 37.2 Å². The van der Waals surface area contributed by atoms with E-state index in [-0.39, 0.29) is 0 Å². The minimum atomic E-state index is 0.806. The highest BCUT2D eigenvalue weighted by Gasteiger charge is 2.04. The number of halogens is 1. The van der Waals surface area contributed by atoms with E-state index in [2.05, 4.69) is 40.3 Å². The van der Waals surface area contributed by atoms with Crippen molar-refractivity contribution in [2.24, 2.45) is 0 Å². The summed E-state index contributed by atoms with van der Waals surface area (Å²) in [7, 11) is 0. The average molecular weight is 322 g/mol. The summed E-state index contributed by atoms with van der Waals surface area (Å²) in [6, 6.07) is 12.3. The van der Waals surface area contributed by atoms with Crippen LogP contribution >= 0.6 is 15.9 Å². The summed E-state index contributed by atoms with van der Waals surface area (Å²) in [6.45, 7) is 4.08. The summed E-state index contributed by atoms with van der Waals surface area (Å²) in [4.78, 5) is 0. The Morgan fingerprint density at radius 2 is 1.84 bits per heavy atom. The molecule has 0 saturated heterocycles. The van der Waals surface area contributed by atoms with Crippen LogP contribution in [0.2, 0.25) is 0 Å². The van der Waals surface area contributed by atoms with Crippen LogP contribution in [-0.4, -0.2) is 6.54 Å². The second-order valence-electron chi connectivity index (χ2n) is 4.66. The molecular formula is C16H20BrNO. The minimum Gasteiger partial charge on any atom is -0.460 e. The molecule has 0 saturated carbocycles. The lowest BCUT2D eigenvalue weighted by molar-refractivity contribution is 0.488. The van der Waals surface area contributed by atoms with Gasteiger partial charge in [-0.15, -0.1) is 0 Å². The fraction of sp³-hybridized carbons (Fsp3) is 0.375. The molecular weight excluding hydrogens is 302 g/mol. The molecule has 0 aliphatic heterocycles. The van der Waals surface area contributed by atoms with Gasteiger partial charge in [0, 0.05) is 10.0 Å². The van der Waals surface area contributed by atoms with Crippen LogP contribution in [0.3, 0.4) is 0 Å². The Bertz CT molecular complexity index is 490. The largest absolute Gasteiger partial charge is 0.460 e. The standard InChI is InChI=1S/C16H20BrNO/c1-2-3-4-11-18-12-15-9-10-16(19-15)13-5-7-14(17)8-6-13/h5-10,18H,2-4,11-12H2,1H3. The SMILES string of the molecule is CCCCCNCc1ccc(-c2ccc(Br)cc2)o1. The number of benzene rings is 1. The Labute approximate surface area is 123 Å². The topological polar surface area (TPSA) is 25.2 Å². The van der Waals surface area contributed by atoms with E-state index >= 15 is 0 Å². The van der Waals surface area contributed by atoms with Crippen LogP contribution in [-0.2, 0) is 6.54 Å².